The Morgan fingerprint density at radius 3 is 2.57 bits per heavy atom. The number of aromatic nitrogens is 2. The predicted octanol–water partition coefficient (Wildman–Crippen LogP) is -0.737. The molecule has 1 saturated heterocycles. The van der Waals surface area contributed by atoms with E-state index in [4.69, 9.17) is 25.7 Å². The first-order chi connectivity index (χ1) is 16.6. The highest BCUT2D eigenvalue weighted by atomic mass is 16.7. The van der Waals surface area contributed by atoms with Crippen LogP contribution in [0.15, 0.2) is 23.2 Å². The molecule has 0 amide bonds. The van der Waals surface area contributed by atoms with Crippen molar-refractivity contribution in [1.82, 2.24) is 10.2 Å². The largest absolute Gasteiger partial charge is 0.492 e. The maximum absolute atomic E-state index is 10.4. The van der Waals surface area contributed by atoms with Crippen molar-refractivity contribution in [2.24, 2.45) is 16.5 Å². The number of aromatic amines is 1. The summed E-state index contributed by atoms with van der Waals surface area (Å²) in [5.41, 5.74) is 14.2. The number of hydrogen-bond donors (Lipinski definition) is 7. The summed E-state index contributed by atoms with van der Waals surface area (Å²) >= 11 is 0. The first-order valence-corrected chi connectivity index (χ1v) is 11.4. The average molecular weight is 494 g/mol. The zero-order valence-corrected chi connectivity index (χ0v) is 20.1. The number of nitrogens with one attached hydrogen (secondary N) is 1. The Morgan fingerprint density at radius 2 is 1.94 bits per heavy atom. The molecule has 1 fully saturated rings. The number of ether oxygens (including phenoxy) is 3. The molecule has 1 aliphatic heterocycles. The van der Waals surface area contributed by atoms with Gasteiger partial charge >= 0.3 is 0 Å². The fourth-order valence-corrected chi connectivity index (χ4v) is 3.87. The van der Waals surface area contributed by atoms with E-state index < -0.39 is 37.3 Å². The molecule has 0 radical (unpaired) electrons. The summed E-state index contributed by atoms with van der Waals surface area (Å²) in [7, 11) is 0. The van der Waals surface area contributed by atoms with Crippen molar-refractivity contribution < 1.29 is 34.6 Å². The molecule has 0 spiro atoms. The van der Waals surface area contributed by atoms with E-state index in [9.17, 15) is 20.4 Å². The minimum absolute atomic E-state index is 0.0166. The van der Waals surface area contributed by atoms with Crippen molar-refractivity contribution in [2.75, 3.05) is 19.8 Å². The summed E-state index contributed by atoms with van der Waals surface area (Å²) < 4.78 is 17.0. The van der Waals surface area contributed by atoms with Gasteiger partial charge in [0, 0.05) is 17.7 Å². The Balaban J connectivity index is 1.79. The van der Waals surface area contributed by atoms with E-state index in [2.05, 4.69) is 15.2 Å². The number of aryl methyl sites for hydroxylation is 1. The first kappa shape index (κ1) is 26.7. The zero-order valence-electron chi connectivity index (χ0n) is 20.1. The van der Waals surface area contributed by atoms with Crippen LogP contribution in [-0.4, -0.2) is 87.0 Å². The predicted molar refractivity (Wildman–Crippen MR) is 127 cm³/mol. The van der Waals surface area contributed by atoms with Crippen LogP contribution in [0.5, 0.6) is 11.6 Å². The minimum atomic E-state index is -1.54. The van der Waals surface area contributed by atoms with Gasteiger partial charge in [0.1, 0.15) is 36.8 Å². The molecule has 2 aromatic rings. The molecule has 0 bridgehead atoms. The lowest BCUT2D eigenvalue weighted by atomic mass is 9.96. The third-order valence-corrected chi connectivity index (χ3v) is 5.85. The van der Waals surface area contributed by atoms with Crippen LogP contribution in [0.3, 0.4) is 0 Å². The number of aliphatic imine (C=N–C) groups is 1. The first-order valence-electron chi connectivity index (χ1n) is 11.4. The second-order valence-corrected chi connectivity index (χ2v) is 8.81. The Bertz CT molecular complexity index is 1010. The number of H-pyrrole nitrogens is 1. The van der Waals surface area contributed by atoms with Gasteiger partial charge in [0.2, 0.25) is 12.2 Å². The number of benzene rings is 1. The smallest absolute Gasteiger partial charge is 0.238 e. The number of nitrogens with zero attached hydrogens (tertiary/aromatic N) is 2. The van der Waals surface area contributed by atoms with E-state index in [0.717, 1.165) is 22.4 Å². The maximum Gasteiger partial charge on any atom is 0.238 e. The Labute approximate surface area is 203 Å². The number of nitrogens with two attached hydrogens (primary N) is 2. The molecule has 5 atom stereocenters. The number of hydrogen-bond acceptors (Lipinski definition) is 9. The van der Waals surface area contributed by atoms with Gasteiger partial charge in [0.25, 0.3) is 0 Å². The molecule has 0 saturated carbocycles. The summed E-state index contributed by atoms with van der Waals surface area (Å²) in [4.78, 5) is 3.89. The lowest BCUT2D eigenvalue weighted by Gasteiger charge is -2.39. The fourth-order valence-electron chi connectivity index (χ4n) is 3.87. The number of rotatable bonds is 10. The SMILES string of the molecule is Cc1cc(OCCN=C(N)N)ccc1Cc1c(O[C@@H]2O[C@H](CO)[C@@H](O)[C@H](O)[C@H]2O)n[nH]c1C(C)C. The molecular formula is C23H35N5O7. The molecule has 0 unspecified atom stereocenters. The third kappa shape index (κ3) is 6.41. The second-order valence-electron chi connectivity index (χ2n) is 8.81. The minimum Gasteiger partial charge on any atom is -0.492 e. The van der Waals surface area contributed by atoms with Crippen LogP contribution >= 0.6 is 0 Å². The molecule has 194 valence electrons. The van der Waals surface area contributed by atoms with E-state index >= 15 is 0 Å². The van der Waals surface area contributed by atoms with Gasteiger partial charge in [0.15, 0.2) is 5.96 Å². The van der Waals surface area contributed by atoms with Crippen molar-refractivity contribution in [3.63, 3.8) is 0 Å². The van der Waals surface area contributed by atoms with Crippen molar-refractivity contribution in [3.8, 4) is 11.6 Å². The van der Waals surface area contributed by atoms with Crippen LogP contribution in [0.1, 0.15) is 42.1 Å². The van der Waals surface area contributed by atoms with Crippen LogP contribution in [-0.2, 0) is 11.2 Å². The van der Waals surface area contributed by atoms with Gasteiger partial charge in [0.05, 0.1) is 13.2 Å². The Hall–Kier alpha value is -2.90. The van der Waals surface area contributed by atoms with Crippen LogP contribution in [0, 0.1) is 6.92 Å². The Kier molecular flexibility index (Phi) is 8.92. The van der Waals surface area contributed by atoms with E-state index in [1.165, 1.54) is 0 Å². The van der Waals surface area contributed by atoms with Crippen molar-refractivity contribution in [2.45, 2.75) is 63.8 Å². The van der Waals surface area contributed by atoms with Crippen LogP contribution in [0.25, 0.3) is 0 Å². The number of aliphatic hydroxyl groups is 4. The fraction of sp³-hybridized carbons (Fsp3) is 0.565. The topological polar surface area (TPSA) is 202 Å². The monoisotopic (exact) mass is 493 g/mol. The molecule has 1 aromatic heterocycles. The zero-order chi connectivity index (χ0) is 25.7. The number of aliphatic hydroxyl groups excluding tert-OH is 4. The molecule has 1 aliphatic rings. The van der Waals surface area contributed by atoms with Gasteiger partial charge in [-0.05, 0) is 36.1 Å². The standard InChI is InChI=1S/C23H35N5O7/c1-11(2)17-15(9-13-4-5-14(8-12(13)3)33-7-6-26-23(24)25)21(28-27-17)35-22-20(32)19(31)18(30)16(10-29)34-22/h4-5,8,11,16,18-20,22,29-32H,6-7,9-10H2,1-3H3,(H,27,28)(H4,24,25,26)/t16-,18-,19+,20-,22+/m1/s1. The number of guanidine groups is 1. The van der Waals surface area contributed by atoms with Crippen LogP contribution in [0.2, 0.25) is 0 Å². The van der Waals surface area contributed by atoms with Gasteiger partial charge in [-0.3, -0.25) is 10.1 Å². The Morgan fingerprint density at radius 1 is 1.20 bits per heavy atom. The van der Waals surface area contributed by atoms with Gasteiger partial charge < -0.3 is 46.1 Å². The molecule has 35 heavy (non-hydrogen) atoms. The summed E-state index contributed by atoms with van der Waals surface area (Å²) in [5, 5.41) is 47.1. The molecule has 12 nitrogen and oxygen atoms in total. The van der Waals surface area contributed by atoms with Crippen LogP contribution in [0.4, 0.5) is 0 Å². The van der Waals surface area contributed by atoms with E-state index in [1.807, 2.05) is 39.0 Å². The molecule has 12 heteroatoms. The van der Waals surface area contributed by atoms with Crippen molar-refractivity contribution in [1.29, 1.82) is 0 Å². The molecular weight excluding hydrogens is 458 g/mol. The summed E-state index contributed by atoms with van der Waals surface area (Å²) in [5.74, 6) is 1.01. The van der Waals surface area contributed by atoms with Gasteiger partial charge in [-0.1, -0.05) is 19.9 Å². The van der Waals surface area contributed by atoms with Crippen molar-refractivity contribution >= 4 is 5.96 Å². The van der Waals surface area contributed by atoms with E-state index in [0.29, 0.717) is 25.3 Å². The van der Waals surface area contributed by atoms with E-state index in [-0.39, 0.29) is 17.8 Å². The van der Waals surface area contributed by atoms with Gasteiger partial charge in [-0.2, -0.15) is 0 Å². The van der Waals surface area contributed by atoms with Crippen LogP contribution < -0.4 is 20.9 Å². The summed E-state index contributed by atoms with van der Waals surface area (Å²) in [6.45, 7) is 6.13. The van der Waals surface area contributed by atoms with E-state index in [1.54, 1.807) is 0 Å². The molecule has 1 aromatic carbocycles. The molecule has 9 N–H and O–H groups in total. The molecule has 3 rings (SSSR count). The normalized spacial score (nSPS) is 24.4. The molecule has 0 aliphatic carbocycles. The lowest BCUT2D eigenvalue weighted by molar-refractivity contribution is -0.278. The highest BCUT2D eigenvalue weighted by Crippen LogP contribution is 2.32. The van der Waals surface area contributed by atoms with Gasteiger partial charge in [-0.25, -0.2) is 0 Å². The third-order valence-electron chi connectivity index (χ3n) is 5.85. The lowest BCUT2D eigenvalue weighted by Crippen LogP contribution is -2.60. The molecule has 2 heterocycles. The quantitative estimate of drug-likeness (QED) is 0.126. The second kappa shape index (κ2) is 11.7. The van der Waals surface area contributed by atoms with Crippen molar-refractivity contribution in [3.05, 3.63) is 40.6 Å². The summed E-state index contributed by atoms with van der Waals surface area (Å²) in [6, 6.07) is 5.71. The maximum atomic E-state index is 10.4. The average Bonchev–Trinajstić information content (AvgIpc) is 3.21. The van der Waals surface area contributed by atoms with Gasteiger partial charge in [-0.15, -0.1) is 5.10 Å². The summed E-state index contributed by atoms with van der Waals surface area (Å²) in [6.07, 6.45) is -6.47. The highest BCUT2D eigenvalue weighted by Gasteiger charge is 2.45. The highest BCUT2D eigenvalue weighted by molar-refractivity contribution is 5.75.